The maximum Gasteiger partial charge on any atom is 0.323 e. The molecule has 17 heavy (non-hydrogen) atoms. The van der Waals surface area contributed by atoms with E-state index in [9.17, 15) is 4.79 Å². The third kappa shape index (κ3) is 2.71. The number of carbonyl (C=O) groups excluding carboxylic acids is 1. The van der Waals surface area contributed by atoms with Gasteiger partial charge in [0.25, 0.3) is 0 Å². The number of thioether (sulfide) groups is 1. The van der Waals surface area contributed by atoms with Crippen molar-refractivity contribution < 1.29 is 9.53 Å². The standard InChI is InChI=1S/C11H11Cl2NO2S/c1-16-11(15)8-5-17-10(14-8)6-3-2-4-7(12)9(6)13/h2-4,8,10,14H,5H2,1H3/t8-,10?/m0/s1. The highest BCUT2D eigenvalue weighted by Gasteiger charge is 2.32. The molecule has 0 saturated carbocycles. The number of nitrogens with one attached hydrogen (secondary N) is 1. The normalized spacial score (nSPS) is 23.7. The van der Waals surface area contributed by atoms with Crippen LogP contribution in [0.5, 0.6) is 0 Å². The Morgan fingerprint density at radius 1 is 1.53 bits per heavy atom. The number of esters is 1. The van der Waals surface area contributed by atoms with E-state index in [4.69, 9.17) is 27.9 Å². The van der Waals surface area contributed by atoms with Crippen molar-refractivity contribution in [3.05, 3.63) is 33.8 Å². The number of halogens is 2. The maximum atomic E-state index is 11.4. The van der Waals surface area contributed by atoms with E-state index in [1.165, 1.54) is 7.11 Å². The van der Waals surface area contributed by atoms with Crippen LogP contribution in [0.15, 0.2) is 18.2 Å². The summed E-state index contributed by atoms with van der Waals surface area (Å²) in [4.78, 5) is 11.4. The van der Waals surface area contributed by atoms with E-state index in [-0.39, 0.29) is 17.4 Å². The van der Waals surface area contributed by atoms with Gasteiger partial charge in [-0.15, -0.1) is 11.8 Å². The zero-order chi connectivity index (χ0) is 12.4. The van der Waals surface area contributed by atoms with Crippen LogP contribution in [0.2, 0.25) is 10.0 Å². The van der Waals surface area contributed by atoms with Crippen LogP contribution in [0.4, 0.5) is 0 Å². The Balaban J connectivity index is 2.15. The monoisotopic (exact) mass is 291 g/mol. The fraction of sp³-hybridized carbons (Fsp3) is 0.364. The third-order valence-corrected chi connectivity index (χ3v) is 4.61. The Labute approximate surface area is 114 Å². The number of hydrogen-bond acceptors (Lipinski definition) is 4. The van der Waals surface area contributed by atoms with Crippen LogP contribution in [-0.4, -0.2) is 24.9 Å². The summed E-state index contributed by atoms with van der Waals surface area (Å²) in [5, 5.41) is 4.20. The molecule has 0 radical (unpaired) electrons. The van der Waals surface area contributed by atoms with E-state index in [0.29, 0.717) is 15.8 Å². The Hall–Kier alpha value is -0.420. The predicted molar refractivity (Wildman–Crippen MR) is 70.6 cm³/mol. The Morgan fingerprint density at radius 3 is 3.00 bits per heavy atom. The highest BCUT2D eigenvalue weighted by atomic mass is 35.5. The van der Waals surface area contributed by atoms with Crippen molar-refractivity contribution >= 4 is 40.9 Å². The second-order valence-electron chi connectivity index (χ2n) is 3.60. The van der Waals surface area contributed by atoms with Crippen LogP contribution in [0.1, 0.15) is 10.9 Å². The Bertz CT molecular complexity index is 441. The van der Waals surface area contributed by atoms with Gasteiger partial charge in [0.15, 0.2) is 0 Å². The molecule has 1 N–H and O–H groups in total. The van der Waals surface area contributed by atoms with Gasteiger partial charge in [0.2, 0.25) is 0 Å². The topological polar surface area (TPSA) is 38.3 Å². The molecule has 1 saturated heterocycles. The largest absolute Gasteiger partial charge is 0.468 e. The highest BCUT2D eigenvalue weighted by molar-refractivity contribution is 7.99. The van der Waals surface area contributed by atoms with E-state index in [2.05, 4.69) is 5.32 Å². The van der Waals surface area contributed by atoms with Crippen LogP contribution in [0.25, 0.3) is 0 Å². The summed E-state index contributed by atoms with van der Waals surface area (Å²) in [5.41, 5.74) is 0.899. The van der Waals surface area contributed by atoms with Gasteiger partial charge in [0.1, 0.15) is 6.04 Å². The molecule has 92 valence electrons. The maximum absolute atomic E-state index is 11.4. The lowest BCUT2D eigenvalue weighted by Crippen LogP contribution is -2.34. The van der Waals surface area contributed by atoms with Gasteiger partial charge >= 0.3 is 5.97 Å². The minimum absolute atomic E-state index is 0.0229. The molecule has 0 bridgehead atoms. The second kappa shape index (κ2) is 5.48. The summed E-state index contributed by atoms with van der Waals surface area (Å²) in [6.45, 7) is 0. The molecule has 1 heterocycles. The van der Waals surface area contributed by atoms with Crippen molar-refractivity contribution in [3.63, 3.8) is 0 Å². The van der Waals surface area contributed by atoms with E-state index < -0.39 is 0 Å². The molecular formula is C11H11Cl2NO2S. The number of rotatable bonds is 2. The van der Waals surface area contributed by atoms with Crippen LogP contribution in [0, 0.1) is 0 Å². The van der Waals surface area contributed by atoms with Crippen molar-refractivity contribution in [2.75, 3.05) is 12.9 Å². The van der Waals surface area contributed by atoms with Crippen molar-refractivity contribution in [2.24, 2.45) is 0 Å². The zero-order valence-corrected chi connectivity index (χ0v) is 11.4. The number of carbonyl (C=O) groups is 1. The molecule has 3 nitrogen and oxygen atoms in total. The SMILES string of the molecule is COC(=O)[C@@H]1CSC(c2cccc(Cl)c2Cl)N1. The first-order valence-corrected chi connectivity index (χ1v) is 6.83. The summed E-state index contributed by atoms with van der Waals surface area (Å²) in [6, 6.07) is 5.20. The summed E-state index contributed by atoms with van der Waals surface area (Å²) < 4.78 is 4.70. The molecule has 2 atom stereocenters. The summed E-state index contributed by atoms with van der Waals surface area (Å²) in [5.74, 6) is 0.415. The number of benzene rings is 1. The van der Waals surface area contributed by atoms with E-state index in [0.717, 1.165) is 5.56 Å². The Kier molecular flexibility index (Phi) is 4.20. The molecule has 2 rings (SSSR count). The smallest absolute Gasteiger partial charge is 0.323 e. The van der Waals surface area contributed by atoms with Gasteiger partial charge in [-0.1, -0.05) is 35.3 Å². The Morgan fingerprint density at radius 2 is 2.29 bits per heavy atom. The van der Waals surface area contributed by atoms with Gasteiger partial charge in [0, 0.05) is 5.75 Å². The van der Waals surface area contributed by atoms with Gasteiger partial charge in [-0.05, 0) is 11.6 Å². The molecule has 6 heteroatoms. The van der Waals surface area contributed by atoms with Crippen molar-refractivity contribution in [1.29, 1.82) is 0 Å². The summed E-state index contributed by atoms with van der Waals surface area (Å²) in [7, 11) is 1.38. The molecule has 0 aromatic heterocycles. The zero-order valence-electron chi connectivity index (χ0n) is 9.07. The quantitative estimate of drug-likeness (QED) is 0.851. The van der Waals surface area contributed by atoms with Gasteiger partial charge in [-0.25, -0.2) is 0 Å². The van der Waals surface area contributed by atoms with Crippen LogP contribution >= 0.6 is 35.0 Å². The molecular weight excluding hydrogens is 281 g/mol. The molecule has 1 aromatic carbocycles. The fourth-order valence-corrected chi connectivity index (χ4v) is 3.39. The average molecular weight is 292 g/mol. The van der Waals surface area contributed by atoms with E-state index >= 15 is 0 Å². The van der Waals surface area contributed by atoms with E-state index in [1.54, 1.807) is 17.8 Å². The summed E-state index contributed by atoms with van der Waals surface area (Å²) >= 11 is 13.7. The van der Waals surface area contributed by atoms with Gasteiger partial charge < -0.3 is 4.74 Å². The van der Waals surface area contributed by atoms with Crippen molar-refractivity contribution in [2.45, 2.75) is 11.4 Å². The average Bonchev–Trinajstić information content (AvgIpc) is 2.81. The lowest BCUT2D eigenvalue weighted by atomic mass is 10.2. The van der Waals surface area contributed by atoms with Crippen LogP contribution < -0.4 is 5.32 Å². The molecule has 0 aliphatic carbocycles. The van der Waals surface area contributed by atoms with Crippen LogP contribution in [0.3, 0.4) is 0 Å². The predicted octanol–water partition coefficient (Wildman–Crippen LogP) is 2.87. The fourth-order valence-electron chi connectivity index (χ4n) is 1.65. The molecule has 1 fully saturated rings. The first kappa shape index (κ1) is 13.0. The van der Waals surface area contributed by atoms with Crippen molar-refractivity contribution in [1.82, 2.24) is 5.32 Å². The molecule has 1 aliphatic rings. The number of hydrogen-bond donors (Lipinski definition) is 1. The van der Waals surface area contributed by atoms with Gasteiger partial charge in [-0.2, -0.15) is 0 Å². The molecule has 1 aliphatic heterocycles. The highest BCUT2D eigenvalue weighted by Crippen LogP contribution is 2.39. The first-order chi connectivity index (χ1) is 8.13. The first-order valence-electron chi connectivity index (χ1n) is 5.03. The number of methoxy groups -OCH3 is 1. The van der Waals surface area contributed by atoms with E-state index in [1.807, 2.05) is 12.1 Å². The molecule has 1 unspecified atom stereocenters. The lowest BCUT2D eigenvalue weighted by Gasteiger charge is -2.14. The molecule has 0 amide bonds. The van der Waals surface area contributed by atoms with Crippen LogP contribution in [-0.2, 0) is 9.53 Å². The minimum Gasteiger partial charge on any atom is -0.468 e. The van der Waals surface area contributed by atoms with Crippen molar-refractivity contribution in [3.8, 4) is 0 Å². The van der Waals surface area contributed by atoms with Gasteiger partial charge in [0.05, 0.1) is 22.5 Å². The third-order valence-electron chi connectivity index (χ3n) is 2.53. The van der Waals surface area contributed by atoms with Gasteiger partial charge in [-0.3, -0.25) is 10.1 Å². The summed E-state index contributed by atoms with van der Waals surface area (Å²) in [6.07, 6.45) is 0. The molecule has 1 aromatic rings. The second-order valence-corrected chi connectivity index (χ2v) is 5.52. The minimum atomic E-state index is -0.287. The lowest BCUT2D eigenvalue weighted by molar-refractivity contribution is -0.142. The number of ether oxygens (including phenoxy) is 1. The molecule has 0 spiro atoms.